The molecule has 0 radical (unpaired) electrons. The van der Waals surface area contributed by atoms with Crippen LogP contribution in [-0.4, -0.2) is 19.9 Å². The van der Waals surface area contributed by atoms with Crippen molar-refractivity contribution in [3.63, 3.8) is 0 Å². The molecule has 0 aliphatic heterocycles. The third-order valence-electron chi connectivity index (χ3n) is 5.22. The Kier molecular flexibility index (Phi) is 4.95. The fourth-order valence-corrected chi connectivity index (χ4v) is 3.94. The van der Waals surface area contributed by atoms with E-state index in [9.17, 15) is 14.4 Å². The lowest BCUT2D eigenvalue weighted by Crippen LogP contribution is -2.19. The molecule has 0 aliphatic rings. The van der Waals surface area contributed by atoms with Gasteiger partial charge in [0.25, 0.3) is 5.56 Å². The highest BCUT2D eigenvalue weighted by atomic mass is 35.5. The minimum Gasteiger partial charge on any atom is -0.458 e. The SMILES string of the molecule is O=C(Cn1c2ccccc2c(=O)c2ccccc21)OCc1cc(=O)n2cc(Cl)ccc2n1. The lowest BCUT2D eigenvalue weighted by atomic mass is 10.1. The van der Waals surface area contributed by atoms with Gasteiger partial charge < -0.3 is 9.30 Å². The van der Waals surface area contributed by atoms with Crippen molar-refractivity contribution < 1.29 is 9.53 Å². The molecule has 0 spiro atoms. The Morgan fingerprint density at radius 2 is 1.59 bits per heavy atom. The third-order valence-corrected chi connectivity index (χ3v) is 5.45. The molecule has 158 valence electrons. The summed E-state index contributed by atoms with van der Waals surface area (Å²) >= 11 is 5.92. The van der Waals surface area contributed by atoms with Crippen LogP contribution in [-0.2, 0) is 22.7 Å². The molecule has 2 aromatic carbocycles. The van der Waals surface area contributed by atoms with Crippen molar-refractivity contribution in [3.8, 4) is 0 Å². The first-order valence-corrected chi connectivity index (χ1v) is 10.2. The fourth-order valence-electron chi connectivity index (χ4n) is 3.78. The van der Waals surface area contributed by atoms with E-state index in [0.717, 1.165) is 0 Å². The molecule has 5 aromatic rings. The van der Waals surface area contributed by atoms with E-state index in [1.807, 2.05) is 12.1 Å². The van der Waals surface area contributed by atoms with Gasteiger partial charge in [0, 0.05) is 23.0 Å². The van der Waals surface area contributed by atoms with Crippen LogP contribution in [0.2, 0.25) is 5.02 Å². The standard InChI is InChI=1S/C24H16ClN3O4/c25-15-9-10-21-26-16(11-22(29)28(21)12-15)14-32-23(30)13-27-19-7-3-1-5-17(19)24(31)18-6-2-4-8-20(18)27/h1-12H,13-14H2. The second-order valence-corrected chi connectivity index (χ2v) is 7.71. The summed E-state index contributed by atoms with van der Waals surface area (Å²) in [4.78, 5) is 42.2. The third kappa shape index (κ3) is 3.52. The molecule has 3 heterocycles. The van der Waals surface area contributed by atoms with Crippen LogP contribution in [0.1, 0.15) is 5.69 Å². The number of aromatic nitrogens is 3. The van der Waals surface area contributed by atoms with Crippen molar-refractivity contribution in [1.29, 1.82) is 0 Å². The summed E-state index contributed by atoms with van der Waals surface area (Å²) < 4.78 is 8.50. The highest BCUT2D eigenvalue weighted by Crippen LogP contribution is 2.19. The van der Waals surface area contributed by atoms with E-state index in [2.05, 4.69) is 4.98 Å². The van der Waals surface area contributed by atoms with Gasteiger partial charge >= 0.3 is 5.97 Å². The maximum Gasteiger partial charge on any atom is 0.326 e. The number of hydrogen-bond donors (Lipinski definition) is 0. The first kappa shape index (κ1) is 20.0. The maximum atomic E-state index is 12.8. The predicted molar refractivity (Wildman–Crippen MR) is 122 cm³/mol. The normalized spacial score (nSPS) is 11.3. The van der Waals surface area contributed by atoms with Gasteiger partial charge in [0.15, 0.2) is 5.43 Å². The average molecular weight is 446 g/mol. The van der Waals surface area contributed by atoms with Crippen LogP contribution in [0.15, 0.2) is 82.5 Å². The number of nitrogens with zero attached hydrogens (tertiary/aromatic N) is 3. The number of esters is 1. The number of pyridine rings is 2. The summed E-state index contributed by atoms with van der Waals surface area (Å²) in [5, 5.41) is 1.48. The minimum atomic E-state index is -0.512. The molecule has 3 aromatic heterocycles. The number of fused-ring (bicyclic) bond motifs is 3. The van der Waals surface area contributed by atoms with Crippen molar-refractivity contribution >= 4 is 45.0 Å². The predicted octanol–water partition coefficient (Wildman–Crippen LogP) is 3.56. The van der Waals surface area contributed by atoms with Crippen LogP contribution >= 0.6 is 11.6 Å². The number of halogens is 1. The van der Waals surface area contributed by atoms with Crippen LogP contribution in [0.5, 0.6) is 0 Å². The summed E-state index contributed by atoms with van der Waals surface area (Å²) in [6.45, 7) is -0.243. The number of carbonyl (C=O) groups is 1. The fraction of sp³-hybridized carbons (Fsp3) is 0.0833. The van der Waals surface area contributed by atoms with E-state index >= 15 is 0 Å². The van der Waals surface area contributed by atoms with Crippen LogP contribution in [0, 0.1) is 0 Å². The quantitative estimate of drug-likeness (QED) is 0.312. The lowest BCUT2D eigenvalue weighted by molar-refractivity contribution is -0.145. The van der Waals surface area contributed by atoms with E-state index in [0.29, 0.717) is 38.2 Å². The molecule has 0 fully saturated rings. The summed E-state index contributed by atoms with van der Waals surface area (Å²) in [6.07, 6.45) is 1.48. The molecule has 0 bridgehead atoms. The van der Waals surface area contributed by atoms with Gasteiger partial charge in [0.2, 0.25) is 0 Å². The smallest absolute Gasteiger partial charge is 0.326 e. The number of ether oxygens (including phenoxy) is 1. The van der Waals surface area contributed by atoms with Gasteiger partial charge in [-0.2, -0.15) is 0 Å². The molecule has 0 aliphatic carbocycles. The summed E-state index contributed by atoms with van der Waals surface area (Å²) in [5.41, 5.74) is 1.63. The topological polar surface area (TPSA) is 82.7 Å². The van der Waals surface area contributed by atoms with Gasteiger partial charge in [-0.3, -0.25) is 18.8 Å². The van der Waals surface area contributed by atoms with E-state index in [1.54, 1.807) is 53.1 Å². The van der Waals surface area contributed by atoms with E-state index < -0.39 is 5.97 Å². The zero-order valence-corrected chi connectivity index (χ0v) is 17.5. The van der Waals surface area contributed by atoms with Crippen LogP contribution in [0.3, 0.4) is 0 Å². The molecule has 0 N–H and O–H groups in total. The van der Waals surface area contributed by atoms with Crippen molar-refractivity contribution in [2.45, 2.75) is 13.2 Å². The molecule has 7 nitrogen and oxygen atoms in total. The molecular weight excluding hydrogens is 430 g/mol. The van der Waals surface area contributed by atoms with Gasteiger partial charge in [-0.15, -0.1) is 0 Å². The number of carbonyl (C=O) groups excluding carboxylic acids is 1. The molecule has 32 heavy (non-hydrogen) atoms. The van der Waals surface area contributed by atoms with Gasteiger partial charge in [0.05, 0.1) is 21.7 Å². The largest absolute Gasteiger partial charge is 0.458 e. The van der Waals surface area contributed by atoms with Crippen molar-refractivity contribution in [3.05, 3.63) is 104 Å². The minimum absolute atomic E-state index is 0.0817. The van der Waals surface area contributed by atoms with Gasteiger partial charge in [-0.1, -0.05) is 35.9 Å². The van der Waals surface area contributed by atoms with Crippen LogP contribution < -0.4 is 11.0 Å². The monoisotopic (exact) mass is 445 g/mol. The Bertz CT molecular complexity index is 1580. The summed E-state index contributed by atoms with van der Waals surface area (Å²) in [6, 6.07) is 18.8. The van der Waals surface area contributed by atoms with Crippen molar-refractivity contribution in [2.24, 2.45) is 0 Å². The van der Waals surface area contributed by atoms with E-state index in [1.165, 1.54) is 16.7 Å². The summed E-state index contributed by atoms with van der Waals surface area (Å²) in [5.74, 6) is -0.512. The van der Waals surface area contributed by atoms with Gasteiger partial charge in [0.1, 0.15) is 18.8 Å². The highest BCUT2D eigenvalue weighted by molar-refractivity contribution is 6.30. The van der Waals surface area contributed by atoms with E-state index in [4.69, 9.17) is 16.3 Å². The molecule has 0 saturated carbocycles. The Morgan fingerprint density at radius 1 is 0.938 bits per heavy atom. The number of rotatable bonds is 4. The Labute approximate surface area is 186 Å². The highest BCUT2D eigenvalue weighted by Gasteiger charge is 2.14. The van der Waals surface area contributed by atoms with Gasteiger partial charge in [-0.05, 0) is 36.4 Å². The van der Waals surface area contributed by atoms with Crippen LogP contribution in [0.4, 0.5) is 0 Å². The Hall–Kier alpha value is -3.97. The molecule has 0 saturated heterocycles. The van der Waals surface area contributed by atoms with Crippen molar-refractivity contribution in [1.82, 2.24) is 14.0 Å². The van der Waals surface area contributed by atoms with Crippen LogP contribution in [0.25, 0.3) is 27.5 Å². The molecular formula is C24H16ClN3O4. The Balaban J connectivity index is 1.45. The molecule has 8 heteroatoms. The second kappa shape index (κ2) is 7.94. The van der Waals surface area contributed by atoms with E-state index in [-0.39, 0.29) is 24.1 Å². The number of para-hydroxylation sites is 2. The lowest BCUT2D eigenvalue weighted by Gasteiger charge is -2.14. The first-order valence-electron chi connectivity index (χ1n) is 9.85. The Morgan fingerprint density at radius 3 is 2.28 bits per heavy atom. The number of benzene rings is 2. The molecule has 0 unspecified atom stereocenters. The maximum absolute atomic E-state index is 12.8. The van der Waals surface area contributed by atoms with Crippen molar-refractivity contribution in [2.75, 3.05) is 0 Å². The number of hydrogen-bond acceptors (Lipinski definition) is 5. The second-order valence-electron chi connectivity index (χ2n) is 7.27. The molecule has 0 amide bonds. The average Bonchev–Trinajstić information content (AvgIpc) is 2.81. The zero-order valence-electron chi connectivity index (χ0n) is 16.7. The first-order chi connectivity index (χ1) is 15.5. The zero-order chi connectivity index (χ0) is 22.2. The molecule has 5 rings (SSSR count). The van der Waals surface area contributed by atoms with Gasteiger partial charge in [-0.25, -0.2) is 4.98 Å². The molecule has 0 atom stereocenters. The summed E-state index contributed by atoms with van der Waals surface area (Å²) in [7, 11) is 0.